The molecule has 0 bridgehead atoms. The first-order valence-electron chi connectivity index (χ1n) is 17.1. The lowest BCUT2D eigenvalue weighted by atomic mass is 9.84. The molecular weight excluding hydrogens is 535 g/mol. The van der Waals surface area contributed by atoms with Crippen LogP contribution in [0.15, 0.2) is 42.5 Å². The lowest BCUT2D eigenvalue weighted by molar-refractivity contribution is 0.308. The van der Waals surface area contributed by atoms with Crippen molar-refractivity contribution in [3.05, 3.63) is 70.5 Å². The molecule has 0 spiro atoms. The molecule has 2 aromatic carbocycles. The Hall–Kier alpha value is -1.63. The topological polar surface area (TPSA) is 0 Å². The van der Waals surface area contributed by atoms with E-state index in [-0.39, 0.29) is 28.1 Å². The summed E-state index contributed by atoms with van der Waals surface area (Å²) >= 11 is 0. The first kappa shape index (κ1) is 46.8. The molecular formula is C43H79F. The van der Waals surface area contributed by atoms with Gasteiger partial charge in [-0.25, -0.2) is 4.39 Å². The number of hydrogen-bond acceptors (Lipinski definition) is 0. The third-order valence-electron chi connectivity index (χ3n) is 9.46. The summed E-state index contributed by atoms with van der Waals surface area (Å²) in [7, 11) is 0. The van der Waals surface area contributed by atoms with E-state index in [2.05, 4.69) is 79.7 Å². The van der Waals surface area contributed by atoms with Crippen LogP contribution in [0.1, 0.15) is 163 Å². The van der Waals surface area contributed by atoms with E-state index in [0.29, 0.717) is 5.56 Å². The van der Waals surface area contributed by atoms with Gasteiger partial charge in [0.1, 0.15) is 5.82 Å². The zero-order valence-electron chi connectivity index (χ0n) is 28.9. The molecule has 1 heteroatoms. The van der Waals surface area contributed by atoms with Crippen molar-refractivity contribution in [1.82, 2.24) is 0 Å². The van der Waals surface area contributed by atoms with Crippen LogP contribution in [0.5, 0.6) is 0 Å². The van der Waals surface area contributed by atoms with Crippen LogP contribution in [0.2, 0.25) is 0 Å². The van der Waals surface area contributed by atoms with Crippen LogP contribution in [0.25, 0.3) is 0 Å². The number of hydrogen-bond donors (Lipinski definition) is 0. The van der Waals surface area contributed by atoms with E-state index in [1.807, 2.05) is 13.0 Å². The Balaban J connectivity index is -0.000000470. The molecule has 2 aromatic rings. The van der Waals surface area contributed by atoms with Crippen molar-refractivity contribution in [3.8, 4) is 0 Å². The third-order valence-corrected chi connectivity index (χ3v) is 9.46. The van der Waals surface area contributed by atoms with Crippen molar-refractivity contribution in [2.75, 3.05) is 0 Å². The Kier molecular flexibility index (Phi) is 28.3. The molecule has 3 fully saturated rings. The number of halogens is 1. The minimum Gasteiger partial charge on any atom is -0.207 e. The van der Waals surface area contributed by atoms with Crippen molar-refractivity contribution in [3.63, 3.8) is 0 Å². The average Bonchev–Trinajstić information content (AvgIpc) is 2.94. The van der Waals surface area contributed by atoms with E-state index in [4.69, 9.17) is 0 Å². The second-order valence-corrected chi connectivity index (χ2v) is 14.5. The van der Waals surface area contributed by atoms with Gasteiger partial charge in [0, 0.05) is 0 Å². The summed E-state index contributed by atoms with van der Waals surface area (Å²) in [6, 6.07) is 13.7. The summed E-state index contributed by atoms with van der Waals surface area (Å²) in [6.45, 7) is 22.0. The summed E-state index contributed by atoms with van der Waals surface area (Å²) in [6.07, 6.45) is 17.7. The molecule has 0 heterocycles. The maximum atomic E-state index is 12.6. The standard InChI is InChI=1S/C8H9F.3C8H16.C8H10.3CH4/c1-6-3-4-7(2)8(9)5-6;4*1-7-3-5-8(2)6-4-7;;;/h3-5H,1-2H3;3*7-8H,3-6H2,1-2H3;3-6H,1-2H3;3*1H4. The van der Waals surface area contributed by atoms with Crippen LogP contribution in [0.3, 0.4) is 0 Å². The van der Waals surface area contributed by atoms with E-state index < -0.39 is 0 Å². The van der Waals surface area contributed by atoms with Gasteiger partial charge in [-0.1, -0.05) is 188 Å². The van der Waals surface area contributed by atoms with Gasteiger partial charge in [0.2, 0.25) is 0 Å². The lowest BCUT2D eigenvalue weighted by Crippen LogP contribution is -2.08. The zero-order valence-corrected chi connectivity index (χ0v) is 28.9. The Bertz CT molecular complexity index is 790. The van der Waals surface area contributed by atoms with Gasteiger partial charge in [-0.05, 0) is 80.4 Å². The molecule has 3 aliphatic carbocycles. The Morgan fingerprint density at radius 2 is 0.591 bits per heavy atom. The highest BCUT2D eigenvalue weighted by Crippen LogP contribution is 2.28. The molecule has 0 saturated heterocycles. The van der Waals surface area contributed by atoms with Gasteiger partial charge in [0.05, 0.1) is 0 Å². The fraction of sp³-hybridized carbons (Fsp3) is 0.721. The van der Waals surface area contributed by atoms with Crippen LogP contribution in [-0.2, 0) is 0 Å². The fourth-order valence-electron chi connectivity index (χ4n) is 5.62. The van der Waals surface area contributed by atoms with E-state index in [0.717, 1.165) is 41.1 Å². The van der Waals surface area contributed by atoms with E-state index >= 15 is 0 Å². The van der Waals surface area contributed by atoms with E-state index in [9.17, 15) is 4.39 Å². The van der Waals surface area contributed by atoms with Gasteiger partial charge < -0.3 is 0 Å². The quantitative estimate of drug-likeness (QED) is 0.277. The maximum absolute atomic E-state index is 12.6. The first-order valence-corrected chi connectivity index (χ1v) is 17.1. The molecule has 5 rings (SSSR count). The second-order valence-electron chi connectivity index (χ2n) is 14.5. The lowest BCUT2D eigenvalue weighted by Gasteiger charge is -2.22. The van der Waals surface area contributed by atoms with Crippen LogP contribution in [-0.4, -0.2) is 0 Å². The predicted octanol–water partition coefficient (Wildman–Crippen LogP) is 15.2. The van der Waals surface area contributed by atoms with Crippen molar-refractivity contribution in [2.24, 2.45) is 35.5 Å². The predicted molar refractivity (Wildman–Crippen MR) is 202 cm³/mol. The highest BCUT2D eigenvalue weighted by molar-refractivity contribution is 5.21. The minimum atomic E-state index is -0.116. The molecule has 0 atom stereocenters. The average molecular weight is 615 g/mol. The summed E-state index contributed by atoms with van der Waals surface area (Å²) < 4.78 is 12.6. The van der Waals surface area contributed by atoms with Gasteiger partial charge >= 0.3 is 0 Å². The van der Waals surface area contributed by atoms with Crippen molar-refractivity contribution in [1.29, 1.82) is 0 Å². The highest BCUT2D eigenvalue weighted by atomic mass is 19.1. The van der Waals surface area contributed by atoms with E-state index in [1.165, 1.54) is 94.2 Å². The first-order chi connectivity index (χ1) is 19.3. The SMILES string of the molecule is C.C.C.CC1CCC(C)CC1.CC1CCC(C)CC1.CC1CCC(C)CC1.Cc1ccc(C)c(F)c1.Cc1ccc(C)cc1. The summed E-state index contributed by atoms with van der Waals surface area (Å²) in [5.41, 5.74) is 4.34. The molecule has 0 amide bonds. The number of rotatable bonds is 0. The molecule has 44 heavy (non-hydrogen) atoms. The fourth-order valence-corrected chi connectivity index (χ4v) is 5.62. The molecule has 3 saturated carbocycles. The molecule has 0 unspecified atom stereocenters. The zero-order chi connectivity index (χ0) is 30.8. The summed E-state index contributed by atoms with van der Waals surface area (Å²) in [4.78, 5) is 0. The molecule has 0 radical (unpaired) electrons. The van der Waals surface area contributed by atoms with Crippen molar-refractivity contribution < 1.29 is 4.39 Å². The van der Waals surface area contributed by atoms with E-state index in [1.54, 1.807) is 13.0 Å². The van der Waals surface area contributed by atoms with Gasteiger partial charge in [0.25, 0.3) is 0 Å². The molecule has 0 nitrogen and oxygen atoms in total. The molecule has 258 valence electrons. The Labute approximate surface area is 278 Å². The minimum absolute atomic E-state index is 0. The smallest absolute Gasteiger partial charge is 0.126 e. The van der Waals surface area contributed by atoms with Gasteiger partial charge in [-0.2, -0.15) is 0 Å². The normalized spacial score (nSPS) is 25.3. The number of benzene rings is 2. The van der Waals surface area contributed by atoms with Crippen molar-refractivity contribution >= 4 is 0 Å². The summed E-state index contributed by atoms with van der Waals surface area (Å²) in [5, 5.41) is 0. The van der Waals surface area contributed by atoms with Crippen LogP contribution >= 0.6 is 0 Å². The van der Waals surface area contributed by atoms with Gasteiger partial charge in [-0.3, -0.25) is 0 Å². The monoisotopic (exact) mass is 615 g/mol. The highest BCUT2D eigenvalue weighted by Gasteiger charge is 2.14. The van der Waals surface area contributed by atoms with Gasteiger partial charge in [0.15, 0.2) is 0 Å². The third kappa shape index (κ3) is 23.7. The Morgan fingerprint density at radius 3 is 0.773 bits per heavy atom. The summed E-state index contributed by atoms with van der Waals surface area (Å²) in [5.74, 6) is 6.00. The second kappa shape index (κ2) is 26.6. The maximum Gasteiger partial charge on any atom is 0.126 e. The number of aryl methyl sites for hydroxylation is 4. The van der Waals surface area contributed by atoms with Gasteiger partial charge in [-0.15, -0.1) is 0 Å². The largest absolute Gasteiger partial charge is 0.207 e. The molecule has 0 aliphatic heterocycles. The molecule has 0 N–H and O–H groups in total. The van der Waals surface area contributed by atoms with Crippen molar-refractivity contribution in [2.45, 2.75) is 169 Å². The molecule has 0 aromatic heterocycles. The van der Waals surface area contributed by atoms with Crippen LogP contribution in [0.4, 0.5) is 4.39 Å². The van der Waals surface area contributed by atoms with Crippen LogP contribution in [0, 0.1) is 69.0 Å². The van der Waals surface area contributed by atoms with Crippen LogP contribution < -0.4 is 0 Å². The molecule has 3 aliphatic rings. The Morgan fingerprint density at radius 1 is 0.386 bits per heavy atom.